The van der Waals surface area contributed by atoms with Crippen LogP contribution in [0.4, 0.5) is 0 Å². The van der Waals surface area contributed by atoms with Gasteiger partial charge in [0.1, 0.15) is 24.7 Å². The van der Waals surface area contributed by atoms with Gasteiger partial charge >= 0.3 is 0 Å². The van der Waals surface area contributed by atoms with Gasteiger partial charge in [-0.1, -0.05) is 13.2 Å². The van der Waals surface area contributed by atoms with E-state index < -0.39 is 0 Å². The molecule has 3 nitrogen and oxygen atoms in total. The first-order chi connectivity index (χ1) is 5.20. The number of hydrogen-bond acceptors (Lipinski definition) is 3. The zero-order valence-electron chi connectivity index (χ0n) is 7.05. The Bertz CT molecular complexity index is 124. The van der Waals surface area contributed by atoms with Gasteiger partial charge in [0.2, 0.25) is 0 Å². The Kier molecular flexibility index (Phi) is 5.29. The predicted octanol–water partition coefficient (Wildman–Crippen LogP) is 1.32. The predicted molar refractivity (Wildman–Crippen MR) is 43.1 cm³/mol. The van der Waals surface area contributed by atoms with Crippen LogP contribution in [0.25, 0.3) is 0 Å². The lowest BCUT2D eigenvalue weighted by Crippen LogP contribution is -2.03. The summed E-state index contributed by atoms with van der Waals surface area (Å²) in [7, 11) is 3.10. The molecule has 0 aliphatic rings. The van der Waals surface area contributed by atoms with Gasteiger partial charge in [-0.25, -0.2) is 0 Å². The molecule has 0 aromatic rings. The number of rotatable bonds is 6. The van der Waals surface area contributed by atoms with E-state index in [0.717, 1.165) is 0 Å². The van der Waals surface area contributed by atoms with E-state index in [9.17, 15) is 0 Å². The minimum Gasteiger partial charge on any atom is -0.499 e. The van der Waals surface area contributed by atoms with Crippen molar-refractivity contribution in [1.29, 1.82) is 0 Å². The summed E-state index contributed by atoms with van der Waals surface area (Å²) in [5.41, 5.74) is 0. The highest BCUT2D eigenvalue weighted by Gasteiger charge is 1.94. The van der Waals surface area contributed by atoms with E-state index in [1.54, 1.807) is 14.2 Å². The Morgan fingerprint density at radius 1 is 1.00 bits per heavy atom. The first kappa shape index (κ1) is 10.0. The van der Waals surface area contributed by atoms with E-state index in [1.165, 1.54) is 0 Å². The second-order valence-electron chi connectivity index (χ2n) is 1.98. The van der Waals surface area contributed by atoms with Gasteiger partial charge in [-0.15, -0.1) is 0 Å². The fraction of sp³-hybridized carbons (Fsp3) is 0.500. The molecule has 0 atom stereocenters. The number of ether oxygens (including phenoxy) is 3. The second kappa shape index (κ2) is 5.80. The summed E-state index contributed by atoms with van der Waals surface area (Å²) in [6, 6.07) is 0. The monoisotopic (exact) mass is 158 g/mol. The molecule has 0 aromatic heterocycles. The molecule has 0 rings (SSSR count). The highest BCUT2D eigenvalue weighted by Crippen LogP contribution is 1.95. The summed E-state index contributed by atoms with van der Waals surface area (Å²) in [6.07, 6.45) is 0. The smallest absolute Gasteiger partial charge is 0.114 e. The van der Waals surface area contributed by atoms with Gasteiger partial charge in [0, 0.05) is 0 Å². The van der Waals surface area contributed by atoms with E-state index >= 15 is 0 Å². The fourth-order valence-corrected chi connectivity index (χ4v) is 0.397. The topological polar surface area (TPSA) is 27.7 Å². The Labute approximate surface area is 67.3 Å². The molecule has 0 radical (unpaired) electrons. The van der Waals surface area contributed by atoms with Crippen LogP contribution in [-0.4, -0.2) is 27.4 Å². The minimum atomic E-state index is 0.374. The average Bonchev–Trinajstić information content (AvgIpc) is 2.04. The maximum atomic E-state index is 5.09. The molecule has 0 N–H and O–H groups in total. The van der Waals surface area contributed by atoms with Crippen molar-refractivity contribution in [3.63, 3.8) is 0 Å². The standard InChI is InChI=1S/C8H14O3/c1-7(9-3)5-11-6-8(2)10-4/h1-2,5-6H2,3-4H3. The molecule has 0 amide bonds. The number of hydrogen-bond donors (Lipinski definition) is 0. The quantitative estimate of drug-likeness (QED) is 0.546. The Morgan fingerprint density at radius 3 is 1.64 bits per heavy atom. The van der Waals surface area contributed by atoms with Crippen LogP contribution in [0.1, 0.15) is 0 Å². The Hall–Kier alpha value is -0.960. The first-order valence-corrected chi connectivity index (χ1v) is 3.22. The third kappa shape index (κ3) is 5.48. The third-order valence-corrected chi connectivity index (χ3v) is 1.10. The van der Waals surface area contributed by atoms with E-state index in [4.69, 9.17) is 14.2 Å². The van der Waals surface area contributed by atoms with Crippen molar-refractivity contribution in [2.24, 2.45) is 0 Å². The van der Waals surface area contributed by atoms with Crippen molar-refractivity contribution in [2.45, 2.75) is 0 Å². The summed E-state index contributed by atoms with van der Waals surface area (Å²) in [6.45, 7) is 7.90. The summed E-state index contributed by atoms with van der Waals surface area (Å²) >= 11 is 0. The van der Waals surface area contributed by atoms with Gasteiger partial charge in [0.15, 0.2) is 0 Å². The Morgan fingerprint density at radius 2 is 1.36 bits per heavy atom. The molecule has 0 aliphatic heterocycles. The zero-order chi connectivity index (χ0) is 8.69. The first-order valence-electron chi connectivity index (χ1n) is 3.22. The fourth-order valence-electron chi connectivity index (χ4n) is 0.397. The van der Waals surface area contributed by atoms with Crippen molar-refractivity contribution in [3.8, 4) is 0 Å². The van der Waals surface area contributed by atoms with Crippen molar-refractivity contribution >= 4 is 0 Å². The minimum absolute atomic E-state index is 0.374. The molecule has 64 valence electrons. The molecular weight excluding hydrogens is 144 g/mol. The molecule has 0 heterocycles. The van der Waals surface area contributed by atoms with Gasteiger partial charge < -0.3 is 14.2 Å². The lowest BCUT2D eigenvalue weighted by molar-refractivity contribution is 0.102. The Balaban J connectivity index is 3.27. The molecule has 0 saturated carbocycles. The van der Waals surface area contributed by atoms with Gasteiger partial charge in [-0.3, -0.25) is 0 Å². The van der Waals surface area contributed by atoms with Crippen LogP contribution in [0.2, 0.25) is 0 Å². The summed E-state index contributed by atoms with van der Waals surface area (Å²) in [5.74, 6) is 1.18. The van der Waals surface area contributed by atoms with Crippen molar-refractivity contribution in [2.75, 3.05) is 27.4 Å². The highest BCUT2D eigenvalue weighted by atomic mass is 16.5. The molecule has 0 saturated heterocycles. The summed E-state index contributed by atoms with van der Waals surface area (Å²) in [4.78, 5) is 0. The van der Waals surface area contributed by atoms with Gasteiger partial charge in [-0.2, -0.15) is 0 Å². The molecule has 0 unspecified atom stereocenters. The van der Waals surface area contributed by atoms with Crippen LogP contribution in [0, 0.1) is 0 Å². The second-order valence-corrected chi connectivity index (χ2v) is 1.98. The third-order valence-electron chi connectivity index (χ3n) is 1.10. The maximum absolute atomic E-state index is 5.09. The normalized spacial score (nSPS) is 8.91. The lowest BCUT2D eigenvalue weighted by Gasteiger charge is -2.06. The van der Waals surface area contributed by atoms with E-state index in [1.807, 2.05) is 0 Å². The van der Waals surface area contributed by atoms with E-state index in [2.05, 4.69) is 13.2 Å². The molecule has 0 bridgehead atoms. The summed E-state index contributed by atoms with van der Waals surface area (Å²) < 4.78 is 14.6. The molecule has 3 heteroatoms. The van der Waals surface area contributed by atoms with Gasteiger partial charge in [0.05, 0.1) is 14.2 Å². The molecular formula is C8H14O3. The largest absolute Gasteiger partial charge is 0.499 e. The SMILES string of the molecule is C=C(COCC(=C)OC)OC. The van der Waals surface area contributed by atoms with Gasteiger partial charge in [-0.05, 0) is 0 Å². The molecule has 0 spiro atoms. The molecule has 0 aromatic carbocycles. The zero-order valence-corrected chi connectivity index (χ0v) is 7.05. The van der Waals surface area contributed by atoms with Crippen LogP contribution < -0.4 is 0 Å². The van der Waals surface area contributed by atoms with Crippen LogP contribution in [-0.2, 0) is 14.2 Å². The van der Waals surface area contributed by atoms with Crippen LogP contribution in [0.3, 0.4) is 0 Å². The van der Waals surface area contributed by atoms with E-state index in [0.29, 0.717) is 24.7 Å². The van der Waals surface area contributed by atoms with Crippen LogP contribution in [0.5, 0.6) is 0 Å². The van der Waals surface area contributed by atoms with Crippen LogP contribution >= 0.6 is 0 Å². The lowest BCUT2D eigenvalue weighted by atomic mass is 10.5. The maximum Gasteiger partial charge on any atom is 0.114 e. The molecule has 11 heavy (non-hydrogen) atoms. The van der Waals surface area contributed by atoms with Crippen molar-refractivity contribution in [3.05, 3.63) is 24.7 Å². The molecule has 0 aliphatic carbocycles. The van der Waals surface area contributed by atoms with Crippen LogP contribution in [0.15, 0.2) is 24.7 Å². The molecule has 0 fully saturated rings. The number of methoxy groups -OCH3 is 2. The average molecular weight is 158 g/mol. The summed E-state index contributed by atoms with van der Waals surface area (Å²) in [5, 5.41) is 0. The van der Waals surface area contributed by atoms with E-state index in [-0.39, 0.29) is 0 Å². The van der Waals surface area contributed by atoms with Crippen molar-refractivity contribution < 1.29 is 14.2 Å². The van der Waals surface area contributed by atoms with Gasteiger partial charge in [0.25, 0.3) is 0 Å². The highest BCUT2D eigenvalue weighted by molar-refractivity contribution is 4.84. The van der Waals surface area contributed by atoms with Crippen molar-refractivity contribution in [1.82, 2.24) is 0 Å².